The molecule has 0 spiro atoms. The van der Waals surface area contributed by atoms with Crippen LogP contribution in [0.1, 0.15) is 105 Å². The van der Waals surface area contributed by atoms with Crippen molar-refractivity contribution in [3.8, 4) is 78.6 Å². The van der Waals surface area contributed by atoms with Crippen LogP contribution in [0.3, 0.4) is 0 Å². The molecule has 5 heteroatoms. The molecule has 0 radical (unpaired) electrons. The molecule has 69 heavy (non-hydrogen) atoms. The number of imidazole rings is 1. The molecule has 0 saturated heterocycles. The molecule has 0 aliphatic rings. The van der Waals surface area contributed by atoms with Crippen molar-refractivity contribution < 1.29 is 26.2 Å². The van der Waals surface area contributed by atoms with Gasteiger partial charge in [-0.15, -0.1) is 23.8 Å². The van der Waals surface area contributed by atoms with Crippen LogP contribution in [0.25, 0.3) is 83.9 Å². The molecule has 0 saturated carbocycles. The molecule has 9 rings (SSSR count). The number of benzene rings is 7. The predicted octanol–water partition coefficient (Wildman–Crippen LogP) is 17.1. The van der Waals surface area contributed by atoms with Gasteiger partial charge in [0.1, 0.15) is 11.6 Å². The maximum Gasteiger partial charge on any atom is 0.148 e. The summed E-state index contributed by atoms with van der Waals surface area (Å²) in [5, 5.41) is 12.3. The summed E-state index contributed by atoms with van der Waals surface area (Å²) in [5.74, 6) is 0.900. The van der Waals surface area contributed by atoms with E-state index in [2.05, 4.69) is 233 Å². The van der Waals surface area contributed by atoms with Gasteiger partial charge < -0.3 is 5.11 Å². The van der Waals surface area contributed by atoms with Gasteiger partial charge in [0.25, 0.3) is 0 Å². The second-order valence-corrected chi connectivity index (χ2v) is 22.5. The molecule has 0 bridgehead atoms. The molecule has 2 aromatic heterocycles. The van der Waals surface area contributed by atoms with Crippen molar-refractivity contribution in [3.05, 3.63) is 192 Å². The Morgan fingerprint density at radius 3 is 1.65 bits per heavy atom. The summed E-state index contributed by atoms with van der Waals surface area (Å²) in [4.78, 5) is 10.6. The molecule has 9 aromatic rings. The second kappa shape index (κ2) is 18.5. The molecule has 4 nitrogen and oxygen atoms in total. The number of fused-ring (bicyclic) bond motifs is 1. The number of aromatic hydroxyl groups is 1. The van der Waals surface area contributed by atoms with Gasteiger partial charge in [-0.25, -0.2) is 4.98 Å². The fraction of sp³-hybridized carbons (Fsp3) is 0.250. The minimum absolute atomic E-state index is 0. The van der Waals surface area contributed by atoms with Gasteiger partial charge >= 0.3 is 0 Å². The Kier molecular flexibility index (Phi) is 13.2. The zero-order chi connectivity index (χ0) is 48.3. The first kappa shape index (κ1) is 49.1. The third kappa shape index (κ3) is 9.93. The van der Waals surface area contributed by atoms with E-state index in [0.29, 0.717) is 11.4 Å². The van der Waals surface area contributed by atoms with Crippen LogP contribution in [0.4, 0.5) is 0 Å². The van der Waals surface area contributed by atoms with Crippen LogP contribution in [0.15, 0.2) is 164 Å². The normalized spacial score (nSPS) is 12.3. The van der Waals surface area contributed by atoms with Crippen LogP contribution in [-0.2, 0) is 42.7 Å². The molecule has 0 fully saturated rings. The topological polar surface area (TPSA) is 50.9 Å². The van der Waals surface area contributed by atoms with E-state index >= 15 is 0 Å². The van der Waals surface area contributed by atoms with Crippen LogP contribution in [0.2, 0.25) is 0 Å². The Morgan fingerprint density at radius 1 is 0.449 bits per heavy atom. The van der Waals surface area contributed by atoms with Crippen LogP contribution >= 0.6 is 0 Å². The molecule has 0 aliphatic heterocycles. The maximum absolute atomic E-state index is 12.3. The monoisotopic (exact) mass is 1090 g/mol. The van der Waals surface area contributed by atoms with E-state index < -0.39 is 0 Å². The smallest absolute Gasteiger partial charge is 0.148 e. The van der Waals surface area contributed by atoms with E-state index in [-0.39, 0.29) is 48.5 Å². The quantitative estimate of drug-likeness (QED) is 0.162. The summed E-state index contributed by atoms with van der Waals surface area (Å²) in [5.41, 5.74) is 17.9. The molecular formula is C64H64N3OPt-. The number of pyridine rings is 1. The maximum atomic E-state index is 12.3. The van der Waals surface area contributed by atoms with E-state index in [1.807, 2.05) is 24.4 Å². The van der Waals surface area contributed by atoms with Crippen molar-refractivity contribution >= 4 is 11.0 Å². The third-order valence-corrected chi connectivity index (χ3v) is 13.3. The molecule has 0 aliphatic carbocycles. The molecule has 0 amide bonds. The first-order valence-corrected chi connectivity index (χ1v) is 24.0. The zero-order valence-electron chi connectivity index (χ0n) is 42.2. The van der Waals surface area contributed by atoms with Gasteiger partial charge in [0, 0.05) is 38.5 Å². The number of phenolic OH excluding ortho intramolecular Hbond substituents is 1. The number of nitrogens with zero attached hydrogens (tertiary/aromatic N) is 3. The fourth-order valence-electron chi connectivity index (χ4n) is 9.18. The third-order valence-electron chi connectivity index (χ3n) is 13.3. The Balaban J connectivity index is 0.00000642. The summed E-state index contributed by atoms with van der Waals surface area (Å²) in [6, 6.07) is 60.1. The van der Waals surface area contributed by atoms with Crippen LogP contribution in [-0.4, -0.2) is 19.6 Å². The Bertz CT molecular complexity index is 3290. The summed E-state index contributed by atoms with van der Waals surface area (Å²) in [6.45, 7) is 26.9. The summed E-state index contributed by atoms with van der Waals surface area (Å²) >= 11 is 0. The predicted molar refractivity (Wildman–Crippen MR) is 287 cm³/mol. The van der Waals surface area contributed by atoms with Crippen LogP contribution < -0.4 is 0 Å². The number of para-hydroxylation sites is 2. The Morgan fingerprint density at radius 2 is 1.03 bits per heavy atom. The van der Waals surface area contributed by atoms with E-state index in [4.69, 9.17) is 9.97 Å². The summed E-state index contributed by atoms with van der Waals surface area (Å²) in [7, 11) is 0. The SMILES string of the molecule is CC(C)(C)c1cc(-c2ccnc(-c3[c-]c(-c4cccc5c4nc(-c4cccc(C(C)(C)C)c4O)n5-c4ccc(C(C)(C)C)cc4-c4ccccc4)cc(-c4ccccc4)c3)c2)cc(C(C)(C)C)c1.[Pt]. The summed E-state index contributed by atoms with van der Waals surface area (Å²) in [6.07, 6.45) is 1.93. The standard InChI is InChI=1S/C64H64N3O.Pt/c1-61(2,3)48-29-30-56(53(40-48)42-23-17-14-18-24-42)67-57-28-20-25-51(58(57)66-60(67)52-26-19-27-54(59(52)68)64(10,11)12)46-33-44(41-21-15-13-16-22-41)34-47(35-46)55-38-43(31-32-65-55)45-36-49(62(4,5)6)39-50(37-45)63(7,8)9;/h13-34,36-40,68H,1-12H3;/q-1;. The van der Waals surface area contributed by atoms with Gasteiger partial charge in [0.05, 0.1) is 22.3 Å². The molecule has 0 unspecified atom stereocenters. The van der Waals surface area contributed by atoms with Gasteiger partial charge in [-0.3, -0.25) is 9.55 Å². The van der Waals surface area contributed by atoms with Gasteiger partial charge in [-0.05, 0) is 96.5 Å². The Hall–Kier alpha value is -6.35. The van der Waals surface area contributed by atoms with Crippen molar-refractivity contribution in [2.24, 2.45) is 0 Å². The molecule has 0 atom stereocenters. The van der Waals surface area contributed by atoms with Crippen molar-refractivity contribution in [3.63, 3.8) is 0 Å². The van der Waals surface area contributed by atoms with Gasteiger partial charge in [0.15, 0.2) is 0 Å². The van der Waals surface area contributed by atoms with Crippen molar-refractivity contribution in [1.29, 1.82) is 0 Å². The van der Waals surface area contributed by atoms with Crippen molar-refractivity contribution in [2.75, 3.05) is 0 Å². The zero-order valence-corrected chi connectivity index (χ0v) is 44.5. The largest absolute Gasteiger partial charge is 0.507 e. The molecule has 2 heterocycles. The van der Waals surface area contributed by atoms with Crippen molar-refractivity contribution in [1.82, 2.24) is 14.5 Å². The number of hydrogen-bond donors (Lipinski definition) is 1. The van der Waals surface area contributed by atoms with Crippen molar-refractivity contribution in [2.45, 2.75) is 105 Å². The van der Waals surface area contributed by atoms with Gasteiger partial charge in [0.2, 0.25) is 0 Å². The fourth-order valence-corrected chi connectivity index (χ4v) is 9.18. The summed E-state index contributed by atoms with van der Waals surface area (Å²) < 4.78 is 2.25. The van der Waals surface area contributed by atoms with E-state index in [1.165, 1.54) is 22.3 Å². The number of rotatable bonds is 7. The average molecular weight is 1090 g/mol. The number of hydrogen-bond acceptors (Lipinski definition) is 3. The number of aromatic nitrogens is 3. The first-order valence-electron chi connectivity index (χ1n) is 24.0. The molecule has 7 aromatic carbocycles. The molecule has 1 N–H and O–H groups in total. The molecule has 352 valence electrons. The van der Waals surface area contributed by atoms with E-state index in [1.54, 1.807) is 0 Å². The van der Waals surface area contributed by atoms with Crippen LogP contribution in [0, 0.1) is 6.07 Å². The minimum Gasteiger partial charge on any atom is -0.507 e. The van der Waals surface area contributed by atoms with E-state index in [9.17, 15) is 5.11 Å². The molecular weight excluding hydrogens is 1020 g/mol. The van der Waals surface area contributed by atoms with Crippen LogP contribution in [0.5, 0.6) is 5.75 Å². The minimum atomic E-state index is -0.301. The Labute approximate surface area is 424 Å². The average Bonchev–Trinajstić information content (AvgIpc) is 3.70. The first-order chi connectivity index (χ1) is 32.1. The van der Waals surface area contributed by atoms with Gasteiger partial charge in [-0.2, -0.15) is 0 Å². The van der Waals surface area contributed by atoms with Gasteiger partial charge in [-0.1, -0.05) is 215 Å². The second-order valence-electron chi connectivity index (χ2n) is 22.5. The number of phenols is 1. The van der Waals surface area contributed by atoms with E-state index in [0.717, 1.165) is 72.5 Å².